The van der Waals surface area contributed by atoms with Crippen LogP contribution in [0.4, 0.5) is 0 Å². The first kappa shape index (κ1) is 10.4. The molecule has 0 saturated carbocycles. The van der Waals surface area contributed by atoms with Crippen molar-refractivity contribution in [1.82, 2.24) is 0 Å². The minimum atomic E-state index is 0.748. The molecule has 1 aromatic carbocycles. The number of benzene rings is 1. The number of methoxy groups -OCH3 is 1. The van der Waals surface area contributed by atoms with Crippen molar-refractivity contribution < 1.29 is 9.47 Å². The van der Waals surface area contributed by atoms with Crippen molar-refractivity contribution in [3.8, 4) is 11.5 Å². The van der Waals surface area contributed by atoms with E-state index in [-0.39, 0.29) is 0 Å². The van der Waals surface area contributed by atoms with Crippen LogP contribution in [-0.2, 0) is 0 Å². The molecule has 0 saturated heterocycles. The fourth-order valence-corrected chi connectivity index (χ4v) is 1.15. The third-order valence-electron chi connectivity index (χ3n) is 1.78. The Bertz CT molecular complexity index is 340. The third kappa shape index (κ3) is 2.39. The molecule has 0 aliphatic carbocycles. The van der Waals surface area contributed by atoms with E-state index in [1.54, 1.807) is 7.11 Å². The summed E-state index contributed by atoms with van der Waals surface area (Å²) in [5.74, 6) is 1.52. The topological polar surface area (TPSA) is 18.5 Å². The van der Waals surface area contributed by atoms with Crippen LogP contribution >= 0.6 is 0 Å². The molecule has 0 amide bonds. The summed E-state index contributed by atoms with van der Waals surface area (Å²) < 4.78 is 10.4. The predicted octanol–water partition coefficient (Wildman–Crippen LogP) is 3.25. The first-order valence-corrected chi connectivity index (χ1v) is 4.40. The summed E-state index contributed by atoms with van der Waals surface area (Å²) in [5.41, 5.74) is 1.01. The normalized spacial score (nSPS) is 10.1. The van der Waals surface area contributed by atoms with Crippen LogP contribution in [0.2, 0.25) is 0 Å². The highest BCUT2D eigenvalue weighted by Crippen LogP contribution is 2.25. The van der Waals surface area contributed by atoms with Crippen molar-refractivity contribution in [2.24, 2.45) is 0 Å². The zero-order valence-corrected chi connectivity index (χ0v) is 8.49. The van der Waals surface area contributed by atoms with Crippen molar-refractivity contribution in [2.45, 2.75) is 6.92 Å². The Kier molecular flexibility index (Phi) is 3.80. The van der Waals surface area contributed by atoms with E-state index in [0.29, 0.717) is 0 Å². The Labute approximate surface area is 84.5 Å². The van der Waals surface area contributed by atoms with Crippen LogP contribution in [0.5, 0.6) is 11.5 Å². The van der Waals surface area contributed by atoms with Gasteiger partial charge in [0.05, 0.1) is 13.4 Å². The van der Waals surface area contributed by atoms with Crippen LogP contribution in [0, 0.1) is 0 Å². The van der Waals surface area contributed by atoms with Gasteiger partial charge in [0.15, 0.2) is 0 Å². The van der Waals surface area contributed by atoms with Gasteiger partial charge in [0.1, 0.15) is 11.5 Å². The fourth-order valence-electron chi connectivity index (χ4n) is 1.15. The molecule has 0 aromatic heterocycles. The molecule has 2 nitrogen and oxygen atoms in total. The molecule has 0 bridgehead atoms. The zero-order chi connectivity index (χ0) is 10.4. The van der Waals surface area contributed by atoms with Crippen molar-refractivity contribution >= 4 is 6.08 Å². The van der Waals surface area contributed by atoms with Gasteiger partial charge in [-0.05, 0) is 19.1 Å². The first-order chi connectivity index (χ1) is 6.81. The van der Waals surface area contributed by atoms with Crippen LogP contribution in [0.1, 0.15) is 12.5 Å². The number of allylic oxidation sites excluding steroid dienone is 1. The summed E-state index contributed by atoms with van der Waals surface area (Å²) in [5, 5.41) is 0. The summed E-state index contributed by atoms with van der Waals surface area (Å²) in [4.78, 5) is 0. The minimum Gasteiger partial charge on any atom is -0.497 e. The van der Waals surface area contributed by atoms with Crippen LogP contribution in [-0.4, -0.2) is 7.11 Å². The molecule has 1 rings (SSSR count). The highest BCUT2D eigenvalue weighted by Gasteiger charge is 2.01. The molecule has 0 aliphatic heterocycles. The molecular weight excluding hydrogens is 176 g/mol. The molecule has 0 aliphatic rings. The van der Waals surface area contributed by atoms with Gasteiger partial charge in [0.25, 0.3) is 0 Å². The Balaban J connectivity index is 3.09. The molecule has 2 heteroatoms. The molecule has 74 valence electrons. The summed E-state index contributed by atoms with van der Waals surface area (Å²) in [6, 6.07) is 5.67. The lowest BCUT2D eigenvalue weighted by molar-refractivity contribution is 0.409. The lowest BCUT2D eigenvalue weighted by Crippen LogP contribution is -1.88. The minimum absolute atomic E-state index is 0.748. The molecule has 14 heavy (non-hydrogen) atoms. The second-order valence-corrected chi connectivity index (χ2v) is 2.69. The van der Waals surface area contributed by atoms with Crippen molar-refractivity contribution in [3.63, 3.8) is 0 Å². The zero-order valence-electron chi connectivity index (χ0n) is 8.49. The molecule has 0 radical (unpaired) electrons. The van der Waals surface area contributed by atoms with Crippen molar-refractivity contribution in [3.05, 3.63) is 42.7 Å². The van der Waals surface area contributed by atoms with Crippen molar-refractivity contribution in [2.75, 3.05) is 7.11 Å². The van der Waals surface area contributed by atoms with Crippen LogP contribution in [0.15, 0.2) is 37.1 Å². The highest BCUT2D eigenvalue weighted by molar-refractivity contribution is 5.59. The Morgan fingerprint density at radius 2 is 2.14 bits per heavy atom. The van der Waals surface area contributed by atoms with E-state index in [1.165, 1.54) is 6.26 Å². The van der Waals surface area contributed by atoms with Gasteiger partial charge in [-0.15, -0.1) is 0 Å². The van der Waals surface area contributed by atoms with Gasteiger partial charge in [-0.2, -0.15) is 0 Å². The number of rotatable bonds is 4. The molecular formula is C12H14O2. The van der Waals surface area contributed by atoms with E-state index in [9.17, 15) is 0 Å². The highest BCUT2D eigenvalue weighted by atomic mass is 16.5. The number of hydrogen-bond acceptors (Lipinski definition) is 2. The molecule has 1 aromatic rings. The van der Waals surface area contributed by atoms with Gasteiger partial charge in [-0.1, -0.05) is 18.7 Å². The molecule has 0 spiro atoms. The monoisotopic (exact) mass is 190 g/mol. The average molecular weight is 190 g/mol. The van der Waals surface area contributed by atoms with Crippen LogP contribution in [0.25, 0.3) is 6.08 Å². The maximum Gasteiger partial charge on any atom is 0.137 e. The van der Waals surface area contributed by atoms with E-state index in [2.05, 4.69) is 6.58 Å². The molecule has 0 heterocycles. The Morgan fingerprint density at radius 3 is 2.71 bits per heavy atom. The standard InChI is InChI=1S/C12H14O2/c1-4-6-10-7-8-11(13-3)9-12(10)14-5-2/h4-9H,2H2,1,3H3/b6-4-. The Morgan fingerprint density at radius 1 is 1.36 bits per heavy atom. The lowest BCUT2D eigenvalue weighted by Gasteiger charge is -2.07. The summed E-state index contributed by atoms with van der Waals surface area (Å²) in [6.07, 6.45) is 5.33. The van der Waals surface area contributed by atoms with E-state index < -0.39 is 0 Å². The van der Waals surface area contributed by atoms with E-state index in [4.69, 9.17) is 9.47 Å². The SMILES string of the molecule is C=COc1cc(OC)ccc1/C=C\C. The van der Waals surface area contributed by atoms with E-state index in [1.807, 2.05) is 37.3 Å². The van der Waals surface area contributed by atoms with Crippen molar-refractivity contribution in [1.29, 1.82) is 0 Å². The number of hydrogen-bond donors (Lipinski definition) is 0. The van der Waals surface area contributed by atoms with Gasteiger partial charge < -0.3 is 9.47 Å². The smallest absolute Gasteiger partial charge is 0.137 e. The van der Waals surface area contributed by atoms with Gasteiger partial charge in [0, 0.05) is 11.6 Å². The second-order valence-electron chi connectivity index (χ2n) is 2.69. The van der Waals surface area contributed by atoms with Gasteiger partial charge in [-0.25, -0.2) is 0 Å². The maximum atomic E-state index is 5.26. The summed E-state index contributed by atoms with van der Waals surface area (Å²) in [7, 11) is 1.63. The van der Waals surface area contributed by atoms with E-state index >= 15 is 0 Å². The largest absolute Gasteiger partial charge is 0.497 e. The first-order valence-electron chi connectivity index (χ1n) is 4.40. The molecule has 0 fully saturated rings. The average Bonchev–Trinajstić information content (AvgIpc) is 2.21. The van der Waals surface area contributed by atoms with Crippen LogP contribution in [0.3, 0.4) is 0 Å². The second kappa shape index (κ2) is 5.12. The molecule has 0 unspecified atom stereocenters. The van der Waals surface area contributed by atoms with E-state index in [0.717, 1.165) is 17.1 Å². The quantitative estimate of drug-likeness (QED) is 0.678. The van der Waals surface area contributed by atoms with Gasteiger partial charge in [-0.3, -0.25) is 0 Å². The molecule has 0 N–H and O–H groups in total. The third-order valence-corrected chi connectivity index (χ3v) is 1.78. The summed E-state index contributed by atoms with van der Waals surface area (Å²) in [6.45, 7) is 5.49. The van der Waals surface area contributed by atoms with Gasteiger partial charge in [0.2, 0.25) is 0 Å². The maximum absolute atomic E-state index is 5.26. The summed E-state index contributed by atoms with van der Waals surface area (Å²) >= 11 is 0. The van der Waals surface area contributed by atoms with Crippen LogP contribution < -0.4 is 9.47 Å². The van der Waals surface area contributed by atoms with Gasteiger partial charge >= 0.3 is 0 Å². The molecule has 0 atom stereocenters. The predicted molar refractivity (Wildman–Crippen MR) is 58.5 cm³/mol. The fraction of sp³-hybridized carbons (Fsp3) is 0.167. The number of ether oxygens (including phenoxy) is 2. The Hall–Kier alpha value is -1.70. The lowest BCUT2D eigenvalue weighted by atomic mass is 10.2.